The number of aliphatic hydroxyl groups excluding tert-OH is 1. The van der Waals surface area contributed by atoms with Crippen LogP contribution in [0.3, 0.4) is 0 Å². The molecule has 0 aliphatic carbocycles. The Labute approximate surface area is 314 Å². The topological polar surface area (TPSA) is 172 Å². The molecule has 0 saturated carbocycles. The number of sulfonamides is 1. The molecule has 0 aliphatic heterocycles. The van der Waals surface area contributed by atoms with Crippen molar-refractivity contribution in [2.24, 2.45) is 11.1 Å². The summed E-state index contributed by atoms with van der Waals surface area (Å²) in [6.07, 6.45) is -6.51. The fourth-order valence-electron chi connectivity index (χ4n) is 6.11. The number of aromatic nitrogens is 3. The van der Waals surface area contributed by atoms with Gasteiger partial charge in [-0.15, -0.1) is 11.3 Å². The predicted octanol–water partition coefficient (Wildman–Crippen LogP) is 6.54. The first-order valence-corrected chi connectivity index (χ1v) is 19.1. The second-order valence-electron chi connectivity index (χ2n) is 13.8. The average molecular weight is 787 g/mol. The van der Waals surface area contributed by atoms with Crippen LogP contribution < -0.4 is 5.73 Å². The Morgan fingerprint density at radius 3 is 2.02 bits per heavy atom. The number of nitrogens with two attached hydrogens (primary N) is 1. The number of methoxy groups -OCH3 is 1. The number of rotatable bonds is 13. The minimum absolute atomic E-state index is 0.0334. The number of alkyl halides is 3. The number of fused-ring (bicyclic) bond motifs is 1. The summed E-state index contributed by atoms with van der Waals surface area (Å²) in [5, 5.41) is 21.0. The SMILES string of the molecule is COC(=O)N(C(=O)[C@@H](N)C(c1ccccc1)c1ccccc1)[C@H](c1ccc([C@@H](CO)N(CCC(C)(C)C)S(=O)(=O)c2ccc3n[nH]nc3c2)s1)C(F)(F)F. The van der Waals surface area contributed by atoms with Crippen molar-refractivity contribution in [1.82, 2.24) is 24.6 Å². The van der Waals surface area contributed by atoms with Gasteiger partial charge in [0.05, 0.1) is 30.7 Å². The number of carbonyl (C=O) groups is 2. The Kier molecular flexibility index (Phi) is 12.3. The first-order valence-electron chi connectivity index (χ1n) is 16.8. The van der Waals surface area contributed by atoms with Crippen LogP contribution in [0.15, 0.2) is 95.9 Å². The highest BCUT2D eigenvalue weighted by molar-refractivity contribution is 7.89. The molecule has 2 amide bonds. The summed E-state index contributed by atoms with van der Waals surface area (Å²) < 4.78 is 80.0. The van der Waals surface area contributed by atoms with Crippen LogP contribution in [0.5, 0.6) is 0 Å². The van der Waals surface area contributed by atoms with Gasteiger partial charge >= 0.3 is 12.3 Å². The summed E-state index contributed by atoms with van der Waals surface area (Å²) in [4.78, 5) is 26.8. The summed E-state index contributed by atoms with van der Waals surface area (Å²) in [7, 11) is -3.54. The molecule has 0 saturated heterocycles. The normalized spacial score (nSPS) is 14.3. The van der Waals surface area contributed by atoms with Crippen molar-refractivity contribution in [2.45, 2.75) is 62.3 Å². The Morgan fingerprint density at radius 2 is 1.48 bits per heavy atom. The Balaban J connectivity index is 1.57. The molecule has 0 fully saturated rings. The lowest BCUT2D eigenvalue weighted by molar-refractivity contribution is -0.186. The van der Waals surface area contributed by atoms with Gasteiger partial charge in [0, 0.05) is 22.2 Å². The van der Waals surface area contributed by atoms with E-state index in [9.17, 15) is 23.1 Å². The van der Waals surface area contributed by atoms with E-state index in [1.165, 1.54) is 24.3 Å². The van der Waals surface area contributed by atoms with E-state index in [1.54, 1.807) is 60.7 Å². The van der Waals surface area contributed by atoms with Crippen molar-refractivity contribution >= 4 is 44.4 Å². The quantitative estimate of drug-likeness (QED) is 0.120. The lowest BCUT2D eigenvalue weighted by atomic mass is 9.84. The molecular formula is C37H41F3N6O6S2. The molecule has 0 unspecified atom stereocenters. The molecule has 12 nitrogen and oxygen atoms in total. The van der Waals surface area contributed by atoms with Crippen LogP contribution in [-0.4, -0.2) is 82.6 Å². The van der Waals surface area contributed by atoms with Crippen LogP contribution in [0.2, 0.25) is 0 Å². The number of hydrogen-bond donors (Lipinski definition) is 3. The Hall–Kier alpha value is -4.68. The summed E-state index contributed by atoms with van der Waals surface area (Å²) in [6.45, 7) is 4.79. The van der Waals surface area contributed by atoms with Crippen molar-refractivity contribution in [1.29, 1.82) is 0 Å². The number of aliphatic hydroxyl groups is 1. The van der Waals surface area contributed by atoms with Gasteiger partial charge in [0.15, 0.2) is 6.04 Å². The number of nitrogens with one attached hydrogen (secondary N) is 1. The number of thiophene rings is 1. The van der Waals surface area contributed by atoms with E-state index in [-0.39, 0.29) is 32.1 Å². The van der Waals surface area contributed by atoms with Gasteiger partial charge < -0.3 is 15.6 Å². The molecule has 3 atom stereocenters. The number of halogens is 3. The van der Waals surface area contributed by atoms with E-state index in [0.717, 1.165) is 17.5 Å². The molecule has 17 heteroatoms. The molecule has 54 heavy (non-hydrogen) atoms. The number of ether oxygens (including phenoxy) is 1. The second kappa shape index (κ2) is 16.4. The third-order valence-electron chi connectivity index (χ3n) is 8.88. The molecular weight excluding hydrogens is 746 g/mol. The molecule has 288 valence electrons. The summed E-state index contributed by atoms with van der Waals surface area (Å²) in [5.41, 5.74) is 7.88. The van der Waals surface area contributed by atoms with Crippen molar-refractivity contribution < 1.29 is 41.0 Å². The fourth-order valence-corrected chi connectivity index (χ4v) is 9.03. The first-order chi connectivity index (χ1) is 25.5. The molecule has 0 bridgehead atoms. The van der Waals surface area contributed by atoms with E-state index in [4.69, 9.17) is 10.5 Å². The molecule has 0 aliphatic rings. The molecule has 4 N–H and O–H groups in total. The van der Waals surface area contributed by atoms with Crippen LogP contribution in [0.25, 0.3) is 11.0 Å². The van der Waals surface area contributed by atoms with Crippen LogP contribution >= 0.6 is 11.3 Å². The van der Waals surface area contributed by atoms with Gasteiger partial charge in [-0.1, -0.05) is 81.4 Å². The highest BCUT2D eigenvalue weighted by Gasteiger charge is 2.52. The number of imide groups is 1. The van der Waals surface area contributed by atoms with E-state index in [1.807, 2.05) is 20.8 Å². The number of benzene rings is 3. The van der Waals surface area contributed by atoms with Crippen molar-refractivity contribution in [2.75, 3.05) is 20.3 Å². The van der Waals surface area contributed by atoms with Crippen LogP contribution in [0, 0.1) is 5.41 Å². The number of hydrogen-bond acceptors (Lipinski definition) is 10. The van der Waals surface area contributed by atoms with Gasteiger partial charge in [-0.2, -0.15) is 32.9 Å². The average Bonchev–Trinajstić information content (AvgIpc) is 3.81. The van der Waals surface area contributed by atoms with Crippen LogP contribution in [0.1, 0.15) is 66.1 Å². The number of aromatic amines is 1. The third kappa shape index (κ3) is 8.81. The first kappa shape index (κ1) is 40.5. The molecule has 5 rings (SSSR count). The second-order valence-corrected chi connectivity index (χ2v) is 16.8. The Morgan fingerprint density at radius 1 is 0.907 bits per heavy atom. The van der Waals surface area contributed by atoms with Crippen LogP contribution in [0.4, 0.5) is 18.0 Å². The molecule has 2 aromatic heterocycles. The largest absolute Gasteiger partial charge is 0.452 e. The molecule has 0 spiro atoms. The maximum atomic E-state index is 15.2. The minimum Gasteiger partial charge on any atom is -0.452 e. The molecule has 0 radical (unpaired) electrons. The van der Waals surface area contributed by atoms with E-state index in [0.29, 0.717) is 34.4 Å². The van der Waals surface area contributed by atoms with Crippen LogP contribution in [-0.2, 0) is 19.6 Å². The van der Waals surface area contributed by atoms with Crippen molar-refractivity contribution in [3.8, 4) is 0 Å². The van der Waals surface area contributed by atoms with Crippen molar-refractivity contribution in [3.63, 3.8) is 0 Å². The van der Waals surface area contributed by atoms with Gasteiger partial charge in [-0.25, -0.2) is 18.1 Å². The number of amides is 2. The maximum Gasteiger partial charge on any atom is 0.417 e. The molecule has 5 aromatic rings. The lowest BCUT2D eigenvalue weighted by Gasteiger charge is -2.34. The highest BCUT2D eigenvalue weighted by Crippen LogP contribution is 2.44. The summed E-state index contributed by atoms with van der Waals surface area (Å²) >= 11 is 0.508. The summed E-state index contributed by atoms with van der Waals surface area (Å²) in [5.74, 6) is -2.30. The highest BCUT2D eigenvalue weighted by atomic mass is 32.2. The van der Waals surface area contributed by atoms with Gasteiger partial charge in [-0.05, 0) is 53.3 Å². The smallest absolute Gasteiger partial charge is 0.417 e. The zero-order valence-electron chi connectivity index (χ0n) is 29.9. The predicted molar refractivity (Wildman–Crippen MR) is 197 cm³/mol. The van der Waals surface area contributed by atoms with Gasteiger partial charge in [0.2, 0.25) is 10.0 Å². The number of nitrogens with zero attached hydrogens (tertiary/aromatic N) is 4. The zero-order chi connectivity index (χ0) is 39.4. The van der Waals surface area contributed by atoms with Gasteiger partial charge in [0.25, 0.3) is 5.91 Å². The maximum absolute atomic E-state index is 15.2. The number of H-pyrrole nitrogens is 1. The van der Waals surface area contributed by atoms with E-state index < -0.39 is 63.7 Å². The van der Waals surface area contributed by atoms with E-state index >= 15 is 13.2 Å². The van der Waals surface area contributed by atoms with Crippen molar-refractivity contribution in [3.05, 3.63) is 112 Å². The monoisotopic (exact) mass is 786 g/mol. The van der Waals surface area contributed by atoms with E-state index in [2.05, 4.69) is 15.4 Å². The summed E-state index contributed by atoms with van der Waals surface area (Å²) in [6, 6.07) is 17.5. The van der Waals surface area contributed by atoms with Gasteiger partial charge in [-0.3, -0.25) is 4.79 Å². The van der Waals surface area contributed by atoms with Gasteiger partial charge in [0.1, 0.15) is 11.0 Å². The molecule has 3 aromatic carbocycles. The minimum atomic E-state index is -5.24. The third-order valence-corrected chi connectivity index (χ3v) is 12.0. The fraction of sp³-hybridized carbons (Fsp3) is 0.351. The standard InChI is InChI=1S/C37H41F3N6O6S2/c1-36(2,3)19-20-45(54(50,51)25-15-16-26-27(21-25)43-44-42-26)28(22-47)29-17-18-30(53-29)33(37(38,39)40)46(35(49)52-4)34(48)32(41)31(23-11-7-5-8-12-23)24-13-9-6-10-14-24/h5-18,21,28,31-33,47H,19-20,22,41H2,1-4H3,(H,42,43,44)/t28-,32+,33-/m1/s1. The Bertz CT molecular complexity index is 2120. The molecule has 2 heterocycles. The lowest BCUT2D eigenvalue weighted by Crippen LogP contribution is -2.53. The number of carbonyl (C=O) groups excluding carboxylic acids is 2. The zero-order valence-corrected chi connectivity index (χ0v) is 31.5.